The molecule has 0 spiro atoms. The van der Waals surface area contributed by atoms with Crippen molar-refractivity contribution < 1.29 is 19.5 Å². The molecule has 0 aliphatic carbocycles. The Morgan fingerprint density at radius 1 is 1.21 bits per heavy atom. The molecule has 1 amide bonds. The van der Waals surface area contributed by atoms with Gasteiger partial charge in [-0.3, -0.25) is 4.79 Å². The molecule has 28 heavy (non-hydrogen) atoms. The van der Waals surface area contributed by atoms with Gasteiger partial charge in [-0.2, -0.15) is 0 Å². The smallest absolute Gasteiger partial charge is 0.223 e. The van der Waals surface area contributed by atoms with E-state index in [1.807, 2.05) is 48.5 Å². The molecule has 2 aromatic carbocycles. The van der Waals surface area contributed by atoms with Gasteiger partial charge in [0.05, 0.1) is 5.71 Å². The summed E-state index contributed by atoms with van der Waals surface area (Å²) in [5.41, 5.74) is 3.40. The van der Waals surface area contributed by atoms with Crippen LogP contribution in [0.25, 0.3) is 0 Å². The number of hydrogen-bond donors (Lipinski definition) is 1. The molecule has 148 valence electrons. The summed E-state index contributed by atoms with van der Waals surface area (Å²) in [4.78, 5) is 13.0. The van der Waals surface area contributed by atoms with Crippen LogP contribution >= 0.6 is 0 Å². The van der Waals surface area contributed by atoms with E-state index < -0.39 is 0 Å². The number of nitrogens with zero attached hydrogens (tertiary/aromatic N) is 2. The van der Waals surface area contributed by atoms with E-state index in [2.05, 4.69) is 5.16 Å². The predicted octanol–water partition coefficient (Wildman–Crippen LogP) is 3.85. The Hall–Kier alpha value is -2.86. The average Bonchev–Trinajstić information content (AvgIpc) is 2.74. The van der Waals surface area contributed by atoms with Gasteiger partial charge in [0.1, 0.15) is 12.4 Å². The zero-order chi connectivity index (χ0) is 19.9. The van der Waals surface area contributed by atoms with Crippen molar-refractivity contribution in [1.29, 1.82) is 0 Å². The summed E-state index contributed by atoms with van der Waals surface area (Å²) >= 11 is 0. The van der Waals surface area contributed by atoms with E-state index in [0.29, 0.717) is 25.5 Å². The molecule has 3 rings (SSSR count). The van der Waals surface area contributed by atoms with Crippen LogP contribution in [-0.4, -0.2) is 37.1 Å². The van der Waals surface area contributed by atoms with E-state index in [0.717, 1.165) is 35.4 Å². The summed E-state index contributed by atoms with van der Waals surface area (Å²) in [5.74, 6) is 0.905. The minimum atomic E-state index is -0.00769. The van der Waals surface area contributed by atoms with Gasteiger partial charge in [-0.25, -0.2) is 0 Å². The maximum absolute atomic E-state index is 11.4. The first-order valence-electron chi connectivity index (χ1n) is 9.44. The molecule has 0 saturated carbocycles. The minimum absolute atomic E-state index is 0.00769. The van der Waals surface area contributed by atoms with Crippen molar-refractivity contribution in [2.24, 2.45) is 11.1 Å². The molecular formula is C22H26N2O4. The monoisotopic (exact) mass is 382 g/mol. The van der Waals surface area contributed by atoms with E-state index in [1.165, 1.54) is 6.92 Å². The molecule has 0 unspecified atom stereocenters. The maximum atomic E-state index is 11.4. The molecule has 1 aliphatic heterocycles. The van der Waals surface area contributed by atoms with Crippen molar-refractivity contribution in [3.63, 3.8) is 0 Å². The van der Waals surface area contributed by atoms with Crippen LogP contribution in [0, 0.1) is 5.92 Å². The van der Waals surface area contributed by atoms with E-state index in [4.69, 9.17) is 9.47 Å². The lowest BCUT2D eigenvalue weighted by Crippen LogP contribution is -2.24. The van der Waals surface area contributed by atoms with Crippen LogP contribution in [0.1, 0.15) is 30.9 Å². The van der Waals surface area contributed by atoms with E-state index in [-0.39, 0.29) is 11.8 Å². The molecular weight excluding hydrogens is 356 g/mol. The van der Waals surface area contributed by atoms with Crippen molar-refractivity contribution >= 4 is 17.3 Å². The number of anilines is 1. The standard InChI is InChI=1S/C22H26N2O4/c1-16(25)24(2)20-8-6-17(7-9-20)15-28-21-5-3-4-19(14-21)22(23-26)18-10-12-27-13-11-18/h3-9,14,18,26H,10-13,15H2,1-2H3. The fourth-order valence-corrected chi connectivity index (χ4v) is 3.26. The van der Waals surface area contributed by atoms with Gasteiger partial charge in [-0.15, -0.1) is 0 Å². The van der Waals surface area contributed by atoms with Crippen molar-refractivity contribution in [1.82, 2.24) is 0 Å². The number of carbonyl (C=O) groups excluding carboxylic acids is 1. The number of ether oxygens (including phenoxy) is 2. The van der Waals surface area contributed by atoms with E-state index in [9.17, 15) is 10.0 Å². The number of benzene rings is 2. The van der Waals surface area contributed by atoms with Crippen molar-refractivity contribution in [3.8, 4) is 5.75 Å². The highest BCUT2D eigenvalue weighted by Gasteiger charge is 2.22. The number of amides is 1. The zero-order valence-electron chi connectivity index (χ0n) is 16.3. The SMILES string of the molecule is CC(=O)N(C)c1ccc(COc2cccc(C(=NO)C3CCOCC3)c2)cc1. The molecule has 1 aliphatic rings. The van der Waals surface area contributed by atoms with Crippen LogP contribution in [0.5, 0.6) is 5.75 Å². The van der Waals surface area contributed by atoms with Crippen LogP contribution in [0.3, 0.4) is 0 Å². The van der Waals surface area contributed by atoms with Crippen LogP contribution in [0.4, 0.5) is 5.69 Å². The molecule has 1 heterocycles. The third-order valence-corrected chi connectivity index (χ3v) is 5.05. The number of oxime groups is 1. The molecule has 2 aromatic rings. The Labute approximate surface area is 165 Å². The van der Waals surface area contributed by atoms with Crippen molar-refractivity contribution in [2.75, 3.05) is 25.2 Å². The Balaban J connectivity index is 1.65. The Kier molecular flexibility index (Phi) is 6.66. The van der Waals surface area contributed by atoms with Crippen molar-refractivity contribution in [3.05, 3.63) is 59.7 Å². The normalized spacial score (nSPS) is 15.3. The molecule has 6 heteroatoms. The number of carbonyl (C=O) groups is 1. The predicted molar refractivity (Wildman–Crippen MR) is 108 cm³/mol. The molecule has 1 fully saturated rings. The highest BCUT2D eigenvalue weighted by molar-refractivity contribution is 6.02. The quantitative estimate of drug-likeness (QED) is 0.468. The summed E-state index contributed by atoms with van der Waals surface area (Å²) in [6.45, 7) is 3.33. The second-order valence-corrected chi connectivity index (χ2v) is 6.93. The van der Waals surface area contributed by atoms with Gasteiger partial charge >= 0.3 is 0 Å². The van der Waals surface area contributed by atoms with Gasteiger partial charge in [0, 0.05) is 44.4 Å². The van der Waals surface area contributed by atoms with Gasteiger partial charge in [-0.1, -0.05) is 29.4 Å². The fourth-order valence-electron chi connectivity index (χ4n) is 3.26. The Morgan fingerprint density at radius 3 is 2.57 bits per heavy atom. The van der Waals surface area contributed by atoms with Gasteiger partial charge in [-0.05, 0) is 42.7 Å². The highest BCUT2D eigenvalue weighted by Crippen LogP contribution is 2.24. The van der Waals surface area contributed by atoms with Crippen molar-refractivity contribution in [2.45, 2.75) is 26.4 Å². The first kappa shape index (κ1) is 19.9. The molecule has 6 nitrogen and oxygen atoms in total. The Morgan fingerprint density at radius 2 is 1.93 bits per heavy atom. The second kappa shape index (κ2) is 9.37. The van der Waals surface area contributed by atoms with E-state index >= 15 is 0 Å². The van der Waals surface area contributed by atoms with Crippen LogP contribution < -0.4 is 9.64 Å². The summed E-state index contributed by atoms with van der Waals surface area (Å²) in [6, 6.07) is 15.3. The zero-order valence-corrected chi connectivity index (χ0v) is 16.3. The van der Waals surface area contributed by atoms with Gasteiger partial charge in [0.25, 0.3) is 0 Å². The lowest BCUT2D eigenvalue weighted by Gasteiger charge is -2.23. The molecule has 0 atom stereocenters. The first-order chi connectivity index (χ1) is 13.6. The van der Waals surface area contributed by atoms with Gasteiger partial charge < -0.3 is 19.6 Å². The van der Waals surface area contributed by atoms with Crippen LogP contribution in [-0.2, 0) is 16.1 Å². The third kappa shape index (κ3) is 4.89. The van der Waals surface area contributed by atoms with Gasteiger partial charge in [0.15, 0.2) is 0 Å². The van der Waals surface area contributed by atoms with Gasteiger partial charge in [0.2, 0.25) is 5.91 Å². The summed E-state index contributed by atoms with van der Waals surface area (Å²) in [7, 11) is 1.75. The molecule has 0 bridgehead atoms. The minimum Gasteiger partial charge on any atom is -0.489 e. The highest BCUT2D eigenvalue weighted by atomic mass is 16.5. The summed E-state index contributed by atoms with van der Waals surface area (Å²) in [5, 5.41) is 13.1. The van der Waals surface area contributed by atoms with Crippen LogP contribution in [0.15, 0.2) is 53.7 Å². The average molecular weight is 382 g/mol. The molecule has 0 radical (unpaired) electrons. The molecule has 0 aromatic heterocycles. The summed E-state index contributed by atoms with van der Waals surface area (Å²) in [6.07, 6.45) is 1.71. The lowest BCUT2D eigenvalue weighted by atomic mass is 9.90. The lowest BCUT2D eigenvalue weighted by molar-refractivity contribution is -0.116. The number of rotatable bonds is 6. The third-order valence-electron chi connectivity index (χ3n) is 5.05. The summed E-state index contributed by atoms with van der Waals surface area (Å²) < 4.78 is 11.3. The fraction of sp³-hybridized carbons (Fsp3) is 0.364. The second-order valence-electron chi connectivity index (χ2n) is 6.93. The van der Waals surface area contributed by atoms with E-state index in [1.54, 1.807) is 11.9 Å². The first-order valence-corrected chi connectivity index (χ1v) is 9.44. The number of hydrogen-bond acceptors (Lipinski definition) is 5. The largest absolute Gasteiger partial charge is 0.489 e. The Bertz CT molecular complexity index is 827. The molecule has 1 N–H and O–H groups in total. The maximum Gasteiger partial charge on any atom is 0.223 e. The van der Waals surface area contributed by atoms with Crippen LogP contribution in [0.2, 0.25) is 0 Å². The topological polar surface area (TPSA) is 71.4 Å². The molecule has 1 saturated heterocycles.